The van der Waals surface area contributed by atoms with E-state index in [1.165, 1.54) is 12.1 Å². The van der Waals surface area contributed by atoms with Crippen LogP contribution in [0.15, 0.2) is 29.3 Å². The predicted octanol–water partition coefficient (Wildman–Crippen LogP) is 3.28. The molecule has 0 aliphatic heterocycles. The standard InChI is InChI=1S/C19H29F3N4O/c1-13(14-7-6-8-15(11-14)19(20,21)22)9-10-24-17(23-5)25-12-16(27)26-18(2,3)4/h6-8,11,13H,9-10,12H2,1-5H3,(H,26,27)(H2,23,24,25). The Balaban J connectivity index is 2.48. The Morgan fingerprint density at radius 2 is 1.85 bits per heavy atom. The summed E-state index contributed by atoms with van der Waals surface area (Å²) in [6.45, 7) is 8.16. The molecule has 0 heterocycles. The molecule has 0 aliphatic carbocycles. The molecule has 0 saturated carbocycles. The first-order valence-corrected chi connectivity index (χ1v) is 8.85. The van der Waals surface area contributed by atoms with Crippen LogP contribution < -0.4 is 16.0 Å². The Hall–Kier alpha value is -2.25. The van der Waals surface area contributed by atoms with E-state index in [-0.39, 0.29) is 23.9 Å². The summed E-state index contributed by atoms with van der Waals surface area (Å²) in [5.41, 5.74) is -0.308. The molecule has 1 rings (SSSR count). The molecule has 1 unspecified atom stereocenters. The van der Waals surface area contributed by atoms with Crippen LogP contribution in [-0.2, 0) is 11.0 Å². The molecule has 1 aromatic carbocycles. The van der Waals surface area contributed by atoms with Gasteiger partial charge in [-0.1, -0.05) is 25.1 Å². The Bertz CT molecular complexity index is 651. The normalized spacial score (nSPS) is 13.9. The van der Waals surface area contributed by atoms with Gasteiger partial charge in [0.1, 0.15) is 0 Å². The van der Waals surface area contributed by atoms with Crippen molar-refractivity contribution in [3.05, 3.63) is 35.4 Å². The number of carbonyl (C=O) groups excluding carboxylic acids is 1. The second-order valence-corrected chi connectivity index (χ2v) is 7.46. The van der Waals surface area contributed by atoms with E-state index in [1.54, 1.807) is 13.1 Å². The van der Waals surface area contributed by atoms with Crippen LogP contribution in [0.5, 0.6) is 0 Å². The smallest absolute Gasteiger partial charge is 0.356 e. The molecule has 0 spiro atoms. The van der Waals surface area contributed by atoms with Crippen molar-refractivity contribution in [2.75, 3.05) is 20.1 Å². The number of rotatable bonds is 6. The number of benzene rings is 1. The van der Waals surface area contributed by atoms with Crippen LogP contribution >= 0.6 is 0 Å². The highest BCUT2D eigenvalue weighted by Crippen LogP contribution is 2.31. The maximum absolute atomic E-state index is 12.8. The number of guanidine groups is 1. The highest BCUT2D eigenvalue weighted by Gasteiger charge is 2.30. The van der Waals surface area contributed by atoms with E-state index in [1.807, 2.05) is 27.7 Å². The van der Waals surface area contributed by atoms with Crippen molar-refractivity contribution in [3.63, 3.8) is 0 Å². The van der Waals surface area contributed by atoms with Crippen LogP contribution in [0.4, 0.5) is 13.2 Å². The maximum atomic E-state index is 12.8. The van der Waals surface area contributed by atoms with Gasteiger partial charge >= 0.3 is 6.18 Å². The van der Waals surface area contributed by atoms with E-state index >= 15 is 0 Å². The molecular weight excluding hydrogens is 357 g/mol. The lowest BCUT2D eigenvalue weighted by molar-refractivity contribution is -0.137. The molecule has 0 bridgehead atoms. The number of aliphatic imine (C=N–C) groups is 1. The molecular formula is C19H29F3N4O. The fourth-order valence-corrected chi connectivity index (χ4v) is 2.44. The number of nitrogens with zero attached hydrogens (tertiary/aromatic N) is 1. The van der Waals surface area contributed by atoms with E-state index in [0.717, 1.165) is 6.07 Å². The molecule has 1 amide bonds. The van der Waals surface area contributed by atoms with Gasteiger partial charge in [-0.15, -0.1) is 0 Å². The summed E-state index contributed by atoms with van der Waals surface area (Å²) in [6, 6.07) is 5.39. The molecule has 0 saturated heterocycles. The van der Waals surface area contributed by atoms with Gasteiger partial charge in [0.25, 0.3) is 0 Å². The zero-order valence-corrected chi connectivity index (χ0v) is 16.5. The number of hydrogen-bond donors (Lipinski definition) is 3. The fourth-order valence-electron chi connectivity index (χ4n) is 2.44. The monoisotopic (exact) mass is 386 g/mol. The summed E-state index contributed by atoms with van der Waals surface area (Å²) in [7, 11) is 1.59. The summed E-state index contributed by atoms with van der Waals surface area (Å²) in [5.74, 6) is 0.264. The lowest BCUT2D eigenvalue weighted by Crippen LogP contribution is -2.48. The zero-order valence-electron chi connectivity index (χ0n) is 16.5. The van der Waals surface area contributed by atoms with Gasteiger partial charge in [-0.25, -0.2) is 0 Å². The van der Waals surface area contributed by atoms with Gasteiger partial charge in [0.2, 0.25) is 5.91 Å². The number of amides is 1. The quantitative estimate of drug-likeness (QED) is 0.519. The molecule has 152 valence electrons. The van der Waals surface area contributed by atoms with Crippen LogP contribution in [0, 0.1) is 0 Å². The molecule has 0 aliphatic rings. The van der Waals surface area contributed by atoms with Crippen molar-refractivity contribution in [2.24, 2.45) is 4.99 Å². The van der Waals surface area contributed by atoms with Crippen LogP contribution in [-0.4, -0.2) is 37.5 Å². The van der Waals surface area contributed by atoms with Gasteiger partial charge in [0, 0.05) is 19.1 Å². The fraction of sp³-hybridized carbons (Fsp3) is 0.579. The molecule has 1 atom stereocenters. The van der Waals surface area contributed by atoms with Gasteiger partial charge in [0.15, 0.2) is 5.96 Å². The summed E-state index contributed by atoms with van der Waals surface area (Å²) < 4.78 is 38.5. The van der Waals surface area contributed by atoms with E-state index in [0.29, 0.717) is 24.5 Å². The van der Waals surface area contributed by atoms with Crippen molar-refractivity contribution >= 4 is 11.9 Å². The van der Waals surface area contributed by atoms with Gasteiger partial charge in [-0.3, -0.25) is 9.79 Å². The van der Waals surface area contributed by atoms with E-state index in [9.17, 15) is 18.0 Å². The minimum atomic E-state index is -4.34. The molecule has 8 heteroatoms. The van der Waals surface area contributed by atoms with Crippen molar-refractivity contribution in [2.45, 2.75) is 51.7 Å². The first-order valence-electron chi connectivity index (χ1n) is 8.85. The molecule has 3 N–H and O–H groups in total. The van der Waals surface area contributed by atoms with Crippen LogP contribution in [0.1, 0.15) is 51.2 Å². The largest absolute Gasteiger partial charge is 0.416 e. The van der Waals surface area contributed by atoms with Crippen LogP contribution in [0.3, 0.4) is 0 Å². The minimum Gasteiger partial charge on any atom is -0.356 e. The SMILES string of the molecule is CN=C(NCCC(C)c1cccc(C(F)(F)F)c1)NCC(=O)NC(C)(C)C. The van der Waals surface area contributed by atoms with Gasteiger partial charge in [0.05, 0.1) is 12.1 Å². The first kappa shape index (κ1) is 22.8. The highest BCUT2D eigenvalue weighted by molar-refractivity contribution is 5.86. The van der Waals surface area contributed by atoms with Crippen molar-refractivity contribution in [3.8, 4) is 0 Å². The number of hydrogen-bond acceptors (Lipinski definition) is 2. The Morgan fingerprint density at radius 1 is 1.19 bits per heavy atom. The first-order chi connectivity index (χ1) is 12.4. The number of carbonyl (C=O) groups is 1. The van der Waals surface area contributed by atoms with Crippen molar-refractivity contribution in [1.82, 2.24) is 16.0 Å². The Labute approximate surface area is 158 Å². The average molecular weight is 386 g/mol. The second kappa shape index (κ2) is 9.62. The molecule has 1 aromatic rings. The third-order valence-electron chi connectivity index (χ3n) is 3.81. The Kier molecular flexibility index (Phi) is 8.12. The predicted molar refractivity (Wildman–Crippen MR) is 102 cm³/mol. The number of halogens is 3. The van der Waals surface area contributed by atoms with Crippen molar-refractivity contribution in [1.29, 1.82) is 0 Å². The molecule has 0 fully saturated rings. The van der Waals surface area contributed by atoms with E-state index < -0.39 is 11.7 Å². The molecule has 0 aromatic heterocycles. The summed E-state index contributed by atoms with van der Waals surface area (Å²) in [4.78, 5) is 15.8. The molecule has 5 nitrogen and oxygen atoms in total. The number of alkyl halides is 3. The van der Waals surface area contributed by atoms with Gasteiger partial charge < -0.3 is 16.0 Å². The van der Waals surface area contributed by atoms with Crippen LogP contribution in [0.2, 0.25) is 0 Å². The van der Waals surface area contributed by atoms with Crippen molar-refractivity contribution < 1.29 is 18.0 Å². The third-order valence-corrected chi connectivity index (χ3v) is 3.81. The van der Waals surface area contributed by atoms with Gasteiger partial charge in [-0.2, -0.15) is 13.2 Å². The van der Waals surface area contributed by atoms with E-state index in [2.05, 4.69) is 20.9 Å². The van der Waals surface area contributed by atoms with E-state index in [4.69, 9.17) is 0 Å². The lowest BCUT2D eigenvalue weighted by atomic mass is 9.96. The number of nitrogens with one attached hydrogen (secondary N) is 3. The summed E-state index contributed by atoms with van der Waals surface area (Å²) >= 11 is 0. The second-order valence-electron chi connectivity index (χ2n) is 7.46. The zero-order chi connectivity index (χ0) is 20.7. The van der Waals surface area contributed by atoms with Crippen LogP contribution in [0.25, 0.3) is 0 Å². The third kappa shape index (κ3) is 8.79. The summed E-state index contributed by atoms with van der Waals surface area (Å²) in [6.07, 6.45) is -3.72. The molecule has 0 radical (unpaired) electrons. The summed E-state index contributed by atoms with van der Waals surface area (Å²) in [5, 5.41) is 8.82. The minimum absolute atomic E-state index is 0.0536. The topological polar surface area (TPSA) is 65.5 Å². The lowest BCUT2D eigenvalue weighted by Gasteiger charge is -2.21. The molecule has 27 heavy (non-hydrogen) atoms. The Morgan fingerprint density at radius 3 is 2.41 bits per heavy atom. The average Bonchev–Trinajstić information content (AvgIpc) is 2.55. The maximum Gasteiger partial charge on any atom is 0.416 e. The highest BCUT2D eigenvalue weighted by atomic mass is 19.4. The van der Waals surface area contributed by atoms with Gasteiger partial charge in [-0.05, 0) is 44.7 Å².